The van der Waals surface area contributed by atoms with Crippen LogP contribution < -0.4 is 11.1 Å². The highest BCUT2D eigenvalue weighted by Crippen LogP contribution is 2.03. The SMILES string of the molecule is O=C(O)[C@H](CS)n1c(=O)c1=O. The fraction of sp³-hybridized carbons (Fsp3) is 0.400. The second-order valence-electron chi connectivity index (χ2n) is 2.02. The zero-order valence-corrected chi connectivity index (χ0v) is 6.25. The Kier molecular flexibility index (Phi) is 1.86. The lowest BCUT2D eigenvalue weighted by molar-refractivity contribution is -0.139. The maximum Gasteiger partial charge on any atom is 0.327 e. The lowest BCUT2D eigenvalue weighted by atomic mass is 10.4. The summed E-state index contributed by atoms with van der Waals surface area (Å²) in [5.41, 5.74) is -1.49. The molecule has 1 atom stereocenters. The molecule has 6 heteroatoms. The summed E-state index contributed by atoms with van der Waals surface area (Å²) in [5.74, 6) is -1.26. The van der Waals surface area contributed by atoms with E-state index in [0.717, 1.165) is 0 Å². The molecule has 0 aliphatic rings. The van der Waals surface area contributed by atoms with E-state index < -0.39 is 23.1 Å². The number of aromatic nitrogens is 1. The third-order valence-corrected chi connectivity index (χ3v) is 1.69. The van der Waals surface area contributed by atoms with Gasteiger partial charge in [-0.25, -0.2) is 4.79 Å². The highest BCUT2D eigenvalue weighted by atomic mass is 32.1. The molecular formula is C5H5NO4S. The molecule has 11 heavy (non-hydrogen) atoms. The molecule has 0 aromatic carbocycles. The molecule has 5 nitrogen and oxygen atoms in total. The molecule has 0 fully saturated rings. The van der Waals surface area contributed by atoms with Gasteiger partial charge in [0.15, 0.2) is 0 Å². The van der Waals surface area contributed by atoms with Gasteiger partial charge in [-0.2, -0.15) is 12.6 Å². The monoisotopic (exact) mass is 175 g/mol. The zero-order chi connectivity index (χ0) is 8.59. The van der Waals surface area contributed by atoms with Gasteiger partial charge in [-0.15, -0.1) is 0 Å². The van der Waals surface area contributed by atoms with E-state index in [1.165, 1.54) is 0 Å². The lowest BCUT2D eigenvalue weighted by Gasteiger charge is -2.01. The normalized spacial score (nSPS) is 13.5. The first-order valence-corrected chi connectivity index (χ1v) is 3.44. The first-order chi connectivity index (χ1) is 5.09. The van der Waals surface area contributed by atoms with Crippen LogP contribution in [0.2, 0.25) is 0 Å². The van der Waals surface area contributed by atoms with Crippen LogP contribution in [0.3, 0.4) is 0 Å². The average Bonchev–Trinajstić information content (AvgIpc) is 2.46. The van der Waals surface area contributed by atoms with Crippen molar-refractivity contribution in [3.05, 3.63) is 20.7 Å². The van der Waals surface area contributed by atoms with E-state index >= 15 is 0 Å². The van der Waals surface area contributed by atoms with Crippen molar-refractivity contribution >= 4 is 18.6 Å². The minimum atomic E-state index is -1.21. The molecule has 1 aromatic rings. The predicted octanol–water partition coefficient (Wildman–Crippen LogP) is -1.36. The molecule has 0 radical (unpaired) electrons. The molecule has 1 rings (SSSR count). The highest BCUT2D eigenvalue weighted by Gasteiger charge is 2.29. The Morgan fingerprint density at radius 1 is 1.55 bits per heavy atom. The average molecular weight is 175 g/mol. The van der Waals surface area contributed by atoms with E-state index in [1.807, 2.05) is 0 Å². The van der Waals surface area contributed by atoms with Gasteiger partial charge in [0, 0.05) is 5.75 Å². The molecule has 0 spiro atoms. The fourth-order valence-electron chi connectivity index (χ4n) is 0.699. The third kappa shape index (κ3) is 1.21. The van der Waals surface area contributed by atoms with Crippen molar-refractivity contribution in [2.75, 3.05) is 5.75 Å². The summed E-state index contributed by atoms with van der Waals surface area (Å²) in [6.07, 6.45) is 0. The van der Waals surface area contributed by atoms with Crippen LogP contribution in [0, 0.1) is 0 Å². The van der Waals surface area contributed by atoms with Gasteiger partial charge in [0.25, 0.3) is 0 Å². The van der Waals surface area contributed by atoms with E-state index in [0.29, 0.717) is 4.57 Å². The largest absolute Gasteiger partial charge is 0.480 e. The molecule has 0 saturated carbocycles. The minimum Gasteiger partial charge on any atom is -0.480 e. The van der Waals surface area contributed by atoms with Gasteiger partial charge in [-0.05, 0) is 0 Å². The summed E-state index contributed by atoms with van der Waals surface area (Å²) in [6, 6.07) is -1.10. The van der Waals surface area contributed by atoms with E-state index in [-0.39, 0.29) is 5.75 Å². The number of nitrogens with zero attached hydrogens (tertiary/aromatic N) is 1. The summed E-state index contributed by atoms with van der Waals surface area (Å²) in [5, 5.41) is 8.42. The first-order valence-electron chi connectivity index (χ1n) is 2.80. The Hall–Kier alpha value is -1.04. The number of carbonyl (C=O) groups is 1. The zero-order valence-electron chi connectivity index (χ0n) is 5.35. The molecule has 1 N–H and O–H groups in total. The Labute approximate surface area is 66.4 Å². The van der Waals surface area contributed by atoms with E-state index in [2.05, 4.69) is 12.6 Å². The number of thiol groups is 1. The van der Waals surface area contributed by atoms with Crippen LogP contribution >= 0.6 is 12.6 Å². The predicted molar refractivity (Wildman–Crippen MR) is 39.9 cm³/mol. The number of hydrogen-bond donors (Lipinski definition) is 2. The second-order valence-corrected chi connectivity index (χ2v) is 2.38. The van der Waals surface area contributed by atoms with Crippen LogP contribution in [0.15, 0.2) is 9.59 Å². The van der Waals surface area contributed by atoms with Gasteiger partial charge in [-0.3, -0.25) is 14.2 Å². The number of hydrogen-bond acceptors (Lipinski definition) is 4. The van der Waals surface area contributed by atoms with Crippen LogP contribution in [0.1, 0.15) is 6.04 Å². The van der Waals surface area contributed by atoms with Crippen molar-refractivity contribution in [3.63, 3.8) is 0 Å². The van der Waals surface area contributed by atoms with Gasteiger partial charge in [0.2, 0.25) is 0 Å². The minimum absolute atomic E-state index is 0.0488. The standard InChI is InChI=1S/C5H5NO4S/c7-3-4(8)6(3)2(1-11)5(9)10/h2,11H,1H2,(H,9,10)/t2-/m0/s1. The fourth-order valence-corrected chi connectivity index (χ4v) is 1.02. The Bertz CT molecular complexity index is 323. The second kappa shape index (κ2) is 2.54. The van der Waals surface area contributed by atoms with E-state index in [9.17, 15) is 14.4 Å². The van der Waals surface area contributed by atoms with Crippen molar-refractivity contribution in [2.45, 2.75) is 6.04 Å². The van der Waals surface area contributed by atoms with Crippen molar-refractivity contribution in [1.82, 2.24) is 4.57 Å². The Balaban J connectivity index is 2.91. The maximum atomic E-state index is 10.4. The summed E-state index contributed by atoms with van der Waals surface area (Å²) in [7, 11) is 0. The van der Waals surface area contributed by atoms with E-state index in [4.69, 9.17) is 5.11 Å². The van der Waals surface area contributed by atoms with E-state index in [1.54, 1.807) is 0 Å². The van der Waals surface area contributed by atoms with Gasteiger partial charge in [0.1, 0.15) is 6.04 Å². The quantitative estimate of drug-likeness (QED) is 0.439. The summed E-state index contributed by atoms with van der Waals surface area (Å²) >= 11 is 3.69. The summed E-state index contributed by atoms with van der Waals surface area (Å²) in [6.45, 7) is 0. The summed E-state index contributed by atoms with van der Waals surface area (Å²) < 4.78 is 0.676. The molecule has 0 aliphatic heterocycles. The number of rotatable bonds is 3. The molecular weight excluding hydrogens is 170 g/mol. The highest BCUT2D eigenvalue weighted by molar-refractivity contribution is 7.80. The molecule has 0 saturated heterocycles. The van der Waals surface area contributed by atoms with Crippen LogP contribution in [-0.4, -0.2) is 21.4 Å². The van der Waals surface area contributed by atoms with Crippen LogP contribution in [-0.2, 0) is 4.79 Å². The molecule has 0 aliphatic carbocycles. The Morgan fingerprint density at radius 2 is 2.00 bits per heavy atom. The molecule has 1 aromatic heterocycles. The maximum absolute atomic E-state index is 10.4. The summed E-state index contributed by atoms with van der Waals surface area (Å²) in [4.78, 5) is 31.1. The first kappa shape index (κ1) is 8.06. The third-order valence-electron chi connectivity index (χ3n) is 1.34. The molecule has 0 unspecified atom stereocenters. The molecule has 1 heterocycles. The van der Waals surface area contributed by atoms with Crippen LogP contribution in [0.25, 0.3) is 0 Å². The van der Waals surface area contributed by atoms with Gasteiger partial charge < -0.3 is 5.11 Å². The van der Waals surface area contributed by atoms with Crippen molar-refractivity contribution in [1.29, 1.82) is 0 Å². The lowest BCUT2D eigenvalue weighted by Crippen LogP contribution is -2.19. The number of carboxylic acids is 1. The smallest absolute Gasteiger partial charge is 0.327 e. The molecule has 0 amide bonds. The van der Waals surface area contributed by atoms with Crippen molar-refractivity contribution in [2.24, 2.45) is 0 Å². The van der Waals surface area contributed by atoms with Crippen molar-refractivity contribution < 1.29 is 9.90 Å². The molecule has 0 bridgehead atoms. The number of carboxylic acid groups (broad SMARTS) is 1. The van der Waals surface area contributed by atoms with Gasteiger partial charge in [-0.1, -0.05) is 0 Å². The van der Waals surface area contributed by atoms with Crippen molar-refractivity contribution in [3.8, 4) is 0 Å². The topological polar surface area (TPSA) is 76.4 Å². The number of aliphatic carboxylic acids is 1. The Morgan fingerprint density at radius 3 is 2.09 bits per heavy atom. The van der Waals surface area contributed by atoms with Gasteiger partial charge in [0.05, 0.1) is 0 Å². The van der Waals surface area contributed by atoms with Crippen LogP contribution in [0.4, 0.5) is 0 Å². The molecule has 60 valence electrons. The van der Waals surface area contributed by atoms with Gasteiger partial charge >= 0.3 is 17.1 Å². The van der Waals surface area contributed by atoms with Crippen LogP contribution in [0.5, 0.6) is 0 Å².